The van der Waals surface area contributed by atoms with Crippen LogP contribution >= 0.6 is 0 Å². The van der Waals surface area contributed by atoms with E-state index in [4.69, 9.17) is 9.84 Å². The first-order chi connectivity index (χ1) is 10.1. The molecule has 0 unspecified atom stereocenters. The molecule has 0 aliphatic carbocycles. The lowest BCUT2D eigenvalue weighted by atomic mass is 10.1. The van der Waals surface area contributed by atoms with Crippen molar-refractivity contribution in [2.45, 2.75) is 26.4 Å². The second-order valence-corrected chi connectivity index (χ2v) is 5.44. The Bertz CT molecular complexity index is 606. The number of alkyl carbamates (subject to hydrolysis) is 1. The second kappa shape index (κ2) is 7.02. The zero-order valence-electron chi connectivity index (χ0n) is 12.4. The van der Waals surface area contributed by atoms with E-state index in [1.165, 1.54) is 12.2 Å². The molecule has 1 aromatic rings. The van der Waals surface area contributed by atoms with Gasteiger partial charge in [-0.3, -0.25) is 0 Å². The highest BCUT2D eigenvalue weighted by atomic mass is 19.1. The fourth-order valence-corrected chi connectivity index (χ4v) is 1.50. The third-order valence-electron chi connectivity index (χ3n) is 2.38. The zero-order valence-corrected chi connectivity index (χ0v) is 12.4. The minimum absolute atomic E-state index is 0.0522. The number of carbonyl (C=O) groups excluding carboxylic acids is 1. The van der Waals surface area contributed by atoms with Crippen LogP contribution in [0.4, 0.5) is 13.6 Å². The first-order valence-corrected chi connectivity index (χ1v) is 6.46. The van der Waals surface area contributed by atoms with Crippen molar-refractivity contribution >= 4 is 18.1 Å². The number of carboxylic acid groups (broad SMARTS) is 1. The van der Waals surface area contributed by atoms with Crippen LogP contribution < -0.4 is 5.32 Å². The smallest absolute Gasteiger partial charge is 0.407 e. The molecule has 0 heterocycles. The molecule has 1 aromatic carbocycles. The molecule has 0 bridgehead atoms. The van der Waals surface area contributed by atoms with Gasteiger partial charge in [0.25, 0.3) is 0 Å². The Hall–Kier alpha value is -2.44. The minimum atomic E-state index is -1.54. The SMILES string of the molecule is CC(C)(C)OC(=O)NCC=Cc1cc(F)c(C(=O)O)cc1F. The van der Waals surface area contributed by atoms with Gasteiger partial charge in [0, 0.05) is 12.1 Å². The summed E-state index contributed by atoms with van der Waals surface area (Å²) in [6, 6.07) is 1.39. The van der Waals surface area contributed by atoms with Gasteiger partial charge in [-0.25, -0.2) is 18.4 Å². The second-order valence-electron chi connectivity index (χ2n) is 5.44. The molecule has 0 fully saturated rings. The molecular weight excluding hydrogens is 296 g/mol. The Morgan fingerprint density at radius 1 is 1.27 bits per heavy atom. The zero-order chi connectivity index (χ0) is 16.9. The van der Waals surface area contributed by atoms with E-state index in [9.17, 15) is 18.4 Å². The van der Waals surface area contributed by atoms with Crippen LogP contribution in [0.3, 0.4) is 0 Å². The summed E-state index contributed by atoms with van der Waals surface area (Å²) < 4.78 is 32.0. The van der Waals surface area contributed by atoms with E-state index in [1.807, 2.05) is 0 Å². The third-order valence-corrected chi connectivity index (χ3v) is 2.38. The number of hydrogen-bond acceptors (Lipinski definition) is 3. The summed E-state index contributed by atoms with van der Waals surface area (Å²) in [6.07, 6.45) is 1.99. The number of hydrogen-bond donors (Lipinski definition) is 2. The fraction of sp³-hybridized carbons (Fsp3) is 0.333. The molecule has 0 aliphatic rings. The lowest BCUT2D eigenvalue weighted by Gasteiger charge is -2.19. The van der Waals surface area contributed by atoms with Crippen molar-refractivity contribution in [2.24, 2.45) is 0 Å². The Morgan fingerprint density at radius 2 is 1.91 bits per heavy atom. The molecule has 0 atom stereocenters. The first-order valence-electron chi connectivity index (χ1n) is 6.46. The van der Waals surface area contributed by atoms with Gasteiger partial charge >= 0.3 is 12.1 Å². The molecule has 5 nitrogen and oxygen atoms in total. The molecule has 0 saturated carbocycles. The molecule has 0 spiro atoms. The molecule has 1 amide bonds. The summed E-state index contributed by atoms with van der Waals surface area (Å²) in [5, 5.41) is 11.1. The molecule has 0 saturated heterocycles. The number of rotatable bonds is 4. The summed E-state index contributed by atoms with van der Waals surface area (Å²) in [5.41, 5.74) is -1.48. The van der Waals surface area contributed by atoms with Gasteiger partial charge < -0.3 is 15.2 Å². The highest BCUT2D eigenvalue weighted by Crippen LogP contribution is 2.16. The maximum Gasteiger partial charge on any atom is 0.407 e. The van der Waals surface area contributed by atoms with Crippen LogP contribution in [-0.2, 0) is 4.74 Å². The largest absolute Gasteiger partial charge is 0.478 e. The minimum Gasteiger partial charge on any atom is -0.478 e. The van der Waals surface area contributed by atoms with E-state index in [1.54, 1.807) is 20.8 Å². The average Bonchev–Trinajstić information content (AvgIpc) is 2.35. The Labute approximate surface area is 126 Å². The maximum atomic E-state index is 13.6. The molecule has 0 aliphatic heterocycles. The van der Waals surface area contributed by atoms with Crippen LogP contribution in [-0.4, -0.2) is 29.3 Å². The fourth-order valence-electron chi connectivity index (χ4n) is 1.50. The number of nitrogens with one attached hydrogen (secondary N) is 1. The number of benzene rings is 1. The number of amides is 1. The van der Waals surface area contributed by atoms with Crippen molar-refractivity contribution < 1.29 is 28.2 Å². The predicted octanol–water partition coefficient (Wildman–Crippen LogP) is 3.20. The van der Waals surface area contributed by atoms with Crippen LogP contribution in [0.25, 0.3) is 6.08 Å². The van der Waals surface area contributed by atoms with E-state index in [2.05, 4.69) is 5.32 Å². The number of halogens is 2. The van der Waals surface area contributed by atoms with E-state index in [-0.39, 0.29) is 12.1 Å². The third kappa shape index (κ3) is 5.51. The molecule has 1 rings (SSSR count). The first kappa shape index (κ1) is 17.6. The standard InChI is InChI=1S/C15H17F2NO4/c1-15(2,3)22-14(21)18-6-4-5-9-7-12(17)10(13(19)20)8-11(9)16/h4-5,7-8H,6H2,1-3H3,(H,18,21)(H,19,20). The van der Waals surface area contributed by atoms with Gasteiger partial charge in [-0.1, -0.05) is 12.2 Å². The molecule has 7 heteroatoms. The summed E-state index contributed by atoms with van der Waals surface area (Å²) in [4.78, 5) is 22.0. The molecule has 2 N–H and O–H groups in total. The van der Waals surface area contributed by atoms with Gasteiger partial charge in [-0.2, -0.15) is 0 Å². The Balaban J connectivity index is 2.66. The van der Waals surface area contributed by atoms with E-state index in [0.29, 0.717) is 6.07 Å². The van der Waals surface area contributed by atoms with Gasteiger partial charge in [-0.15, -0.1) is 0 Å². The van der Waals surface area contributed by atoms with Crippen molar-refractivity contribution in [3.8, 4) is 0 Å². The summed E-state index contributed by atoms with van der Waals surface area (Å²) in [6.45, 7) is 5.19. The molecular formula is C15H17F2NO4. The van der Waals surface area contributed by atoms with Gasteiger partial charge in [-0.05, 0) is 32.9 Å². The van der Waals surface area contributed by atoms with Crippen LogP contribution in [0.15, 0.2) is 18.2 Å². The molecule has 120 valence electrons. The van der Waals surface area contributed by atoms with E-state index < -0.39 is 34.9 Å². The van der Waals surface area contributed by atoms with E-state index >= 15 is 0 Å². The van der Waals surface area contributed by atoms with Crippen LogP contribution in [0.1, 0.15) is 36.7 Å². The molecule has 0 aromatic heterocycles. The summed E-state index contributed by atoms with van der Waals surface area (Å²) >= 11 is 0. The van der Waals surface area contributed by atoms with Crippen LogP contribution in [0.2, 0.25) is 0 Å². The highest BCUT2D eigenvalue weighted by Gasteiger charge is 2.15. The maximum absolute atomic E-state index is 13.6. The monoisotopic (exact) mass is 313 g/mol. The van der Waals surface area contributed by atoms with E-state index in [0.717, 1.165) is 6.07 Å². The van der Waals surface area contributed by atoms with Gasteiger partial charge in [0.05, 0.1) is 5.56 Å². The van der Waals surface area contributed by atoms with Crippen molar-refractivity contribution in [1.29, 1.82) is 0 Å². The number of carbonyl (C=O) groups is 2. The summed E-state index contributed by atoms with van der Waals surface area (Å²) in [7, 11) is 0. The van der Waals surface area contributed by atoms with Crippen molar-refractivity contribution in [2.75, 3.05) is 6.54 Å². The highest BCUT2D eigenvalue weighted by molar-refractivity contribution is 5.88. The van der Waals surface area contributed by atoms with Crippen molar-refractivity contribution in [3.63, 3.8) is 0 Å². The lowest BCUT2D eigenvalue weighted by molar-refractivity contribution is 0.0533. The van der Waals surface area contributed by atoms with Gasteiger partial charge in [0.2, 0.25) is 0 Å². The summed E-state index contributed by atoms with van der Waals surface area (Å²) in [5.74, 6) is -3.44. The quantitative estimate of drug-likeness (QED) is 0.895. The van der Waals surface area contributed by atoms with Gasteiger partial charge in [0.15, 0.2) is 0 Å². The van der Waals surface area contributed by atoms with Crippen LogP contribution in [0, 0.1) is 11.6 Å². The number of carboxylic acids is 1. The van der Waals surface area contributed by atoms with Crippen molar-refractivity contribution in [3.05, 3.63) is 41.0 Å². The normalized spacial score (nSPS) is 11.5. The number of aromatic carboxylic acids is 1. The predicted molar refractivity (Wildman–Crippen MR) is 76.6 cm³/mol. The van der Waals surface area contributed by atoms with Crippen LogP contribution in [0.5, 0.6) is 0 Å². The molecule has 22 heavy (non-hydrogen) atoms. The van der Waals surface area contributed by atoms with Gasteiger partial charge in [0.1, 0.15) is 17.2 Å². The topological polar surface area (TPSA) is 75.6 Å². The Morgan fingerprint density at radius 3 is 2.45 bits per heavy atom. The van der Waals surface area contributed by atoms with Crippen molar-refractivity contribution in [1.82, 2.24) is 5.32 Å². The Kier molecular flexibility index (Phi) is 5.62. The number of ether oxygens (including phenoxy) is 1. The average molecular weight is 313 g/mol. The lowest BCUT2D eigenvalue weighted by Crippen LogP contribution is -2.32. The molecule has 0 radical (unpaired) electrons.